The lowest BCUT2D eigenvalue weighted by molar-refractivity contribution is -0.890. The number of fused-ring (bicyclic) bond motifs is 3. The van der Waals surface area contributed by atoms with Crippen LogP contribution < -0.4 is 27.2 Å². The van der Waals surface area contributed by atoms with Gasteiger partial charge in [-0.25, -0.2) is 33.9 Å². The zero-order chi connectivity index (χ0) is 48.4. The average Bonchev–Trinajstić information content (AvgIpc) is 4.02. The van der Waals surface area contributed by atoms with Crippen LogP contribution in [0.2, 0.25) is 5.02 Å². The van der Waals surface area contributed by atoms with Gasteiger partial charge in [0.1, 0.15) is 60.3 Å². The molecule has 0 saturated carbocycles. The van der Waals surface area contributed by atoms with E-state index in [0.717, 1.165) is 62.2 Å². The minimum atomic E-state index is -4.93. The third kappa shape index (κ3) is 11.7. The number of phosphoric ester groups is 1. The number of ether oxygens (including phenoxy) is 3. The second-order valence-corrected chi connectivity index (χ2v) is 22.8. The number of imidazole rings is 1. The molecule has 0 aliphatic carbocycles. The summed E-state index contributed by atoms with van der Waals surface area (Å²) < 4.78 is 64.5. The Kier molecular flexibility index (Phi) is 15.3. The lowest BCUT2D eigenvalue weighted by Crippen LogP contribution is -2.42. The third-order valence-electron chi connectivity index (χ3n) is 11.7. The maximum absolute atomic E-state index is 13.7. The van der Waals surface area contributed by atoms with Crippen molar-refractivity contribution in [3.05, 3.63) is 76.8 Å². The Hall–Kier alpha value is -4.52. The zero-order valence-electron chi connectivity index (χ0n) is 37.2. The fourth-order valence-corrected chi connectivity index (χ4v) is 12.1. The SMILES string of the molecule is COc1ccc2nc3cc(Cl)ccc3c(NCCC[N+](C)(C)CCCSP(=O)(O)O[C@H]3C[C@H](n4cnc5c(N)ncnc54)O[C@@H]3COP(=O)(O)O[C@H]3C[C@H](n4ccc(N)nc4=O)O[C@@H]3CO)c2c1. The number of aliphatic hydroxyl groups excluding tert-OH is 1. The molecule has 2 aliphatic rings. The zero-order valence-corrected chi connectivity index (χ0v) is 40.6. The van der Waals surface area contributed by atoms with Crippen molar-refractivity contribution in [1.82, 2.24) is 34.1 Å². The highest BCUT2D eigenvalue weighted by molar-refractivity contribution is 8.54. The predicted octanol–water partition coefficient (Wildman–Crippen LogP) is 4.87. The number of phosphoric acid groups is 1. The minimum absolute atomic E-state index is 0.00708. The lowest BCUT2D eigenvalue weighted by Gasteiger charge is -2.30. The number of hydrogen-bond acceptors (Lipinski definition) is 19. The second-order valence-electron chi connectivity index (χ2n) is 16.9. The molecular weight excluding hydrogens is 968 g/mol. The maximum Gasteiger partial charge on any atom is 0.472 e. The number of halogens is 1. The van der Waals surface area contributed by atoms with Gasteiger partial charge in [-0.15, -0.1) is 0 Å². The number of benzene rings is 2. The van der Waals surface area contributed by atoms with Gasteiger partial charge in [-0.2, -0.15) is 4.98 Å². The quantitative estimate of drug-likeness (QED) is 0.0242. The van der Waals surface area contributed by atoms with Gasteiger partial charge < -0.3 is 50.4 Å². The number of quaternary nitrogens is 1. The van der Waals surface area contributed by atoms with Gasteiger partial charge in [-0.05, 0) is 53.8 Å². The van der Waals surface area contributed by atoms with Crippen LogP contribution in [-0.2, 0) is 32.2 Å². The van der Waals surface area contributed by atoms with Gasteiger partial charge in [0.05, 0.1) is 70.6 Å². The highest BCUT2D eigenvalue weighted by Gasteiger charge is 2.45. The van der Waals surface area contributed by atoms with E-state index in [1.165, 1.54) is 24.9 Å². The van der Waals surface area contributed by atoms with E-state index in [9.17, 15) is 28.8 Å². The van der Waals surface area contributed by atoms with Gasteiger partial charge in [0, 0.05) is 60.0 Å². The monoisotopic (exact) mass is 1020 g/mol. The molecule has 6 aromatic rings. The molecular formula is C41H53ClN11O12P2S+. The van der Waals surface area contributed by atoms with E-state index in [4.69, 9.17) is 55.8 Å². The Morgan fingerprint density at radius 3 is 2.44 bits per heavy atom. The van der Waals surface area contributed by atoms with Gasteiger partial charge in [0.15, 0.2) is 11.5 Å². The molecule has 2 saturated heterocycles. The maximum atomic E-state index is 13.7. The third-order valence-corrected chi connectivity index (χ3v) is 16.1. The minimum Gasteiger partial charge on any atom is -0.497 e. The highest BCUT2D eigenvalue weighted by Crippen LogP contribution is 2.59. The first-order valence-corrected chi connectivity index (χ1v) is 26.6. The molecule has 2 fully saturated rings. The Morgan fingerprint density at radius 1 is 0.926 bits per heavy atom. The van der Waals surface area contributed by atoms with Crippen molar-refractivity contribution < 1.29 is 56.3 Å². The number of pyridine rings is 1. The van der Waals surface area contributed by atoms with Crippen molar-refractivity contribution in [2.45, 2.75) is 62.6 Å². The second kappa shape index (κ2) is 20.8. The van der Waals surface area contributed by atoms with Crippen LogP contribution in [0.4, 0.5) is 17.3 Å². The van der Waals surface area contributed by atoms with Crippen LogP contribution in [0.25, 0.3) is 33.0 Å². The summed E-state index contributed by atoms with van der Waals surface area (Å²) in [6.07, 6.45) is -1.15. The Morgan fingerprint density at radius 2 is 1.68 bits per heavy atom. The van der Waals surface area contributed by atoms with Crippen LogP contribution in [0.3, 0.4) is 0 Å². The average molecular weight is 1020 g/mol. The molecule has 2 aromatic carbocycles. The van der Waals surface area contributed by atoms with Gasteiger partial charge in [0.2, 0.25) is 0 Å². The molecule has 366 valence electrons. The largest absolute Gasteiger partial charge is 0.497 e. The fourth-order valence-electron chi connectivity index (χ4n) is 8.29. The smallest absolute Gasteiger partial charge is 0.472 e. The number of nitrogen functional groups attached to an aromatic ring is 2. The summed E-state index contributed by atoms with van der Waals surface area (Å²) in [5.74, 6) is 1.14. The summed E-state index contributed by atoms with van der Waals surface area (Å²) in [7, 11) is 0.902. The van der Waals surface area contributed by atoms with E-state index >= 15 is 0 Å². The summed E-state index contributed by atoms with van der Waals surface area (Å²) in [5.41, 5.74) is 14.0. The van der Waals surface area contributed by atoms with Gasteiger partial charge in [-0.1, -0.05) is 11.6 Å². The molecule has 23 nitrogen and oxygen atoms in total. The Balaban J connectivity index is 0.866. The van der Waals surface area contributed by atoms with Crippen LogP contribution >= 0.6 is 37.6 Å². The van der Waals surface area contributed by atoms with Crippen molar-refractivity contribution in [2.24, 2.45) is 0 Å². The summed E-state index contributed by atoms with van der Waals surface area (Å²) in [6.45, 7) is -3.39. The molecule has 6 heterocycles. The van der Waals surface area contributed by atoms with E-state index in [1.54, 1.807) is 11.7 Å². The molecule has 27 heteroatoms. The number of nitrogens with two attached hydrogens (primary N) is 2. The molecule has 0 amide bonds. The molecule has 8 rings (SSSR count). The molecule has 4 aromatic heterocycles. The molecule has 0 radical (unpaired) electrons. The van der Waals surface area contributed by atoms with Crippen LogP contribution in [0.5, 0.6) is 5.75 Å². The number of anilines is 3. The van der Waals surface area contributed by atoms with Crippen LogP contribution in [-0.4, -0.2) is 138 Å². The number of nitrogens with zero attached hydrogens (tertiary/aromatic N) is 8. The first-order valence-electron chi connectivity index (χ1n) is 21.6. The van der Waals surface area contributed by atoms with Crippen molar-refractivity contribution in [3.8, 4) is 5.75 Å². The first-order chi connectivity index (χ1) is 32.4. The number of hydrogen-bond donors (Lipinski definition) is 6. The number of rotatable bonds is 21. The molecule has 0 spiro atoms. The molecule has 2 aliphatic heterocycles. The Bertz CT molecular complexity index is 2940. The highest BCUT2D eigenvalue weighted by atomic mass is 35.5. The van der Waals surface area contributed by atoms with Crippen LogP contribution in [0, 0.1) is 0 Å². The fraction of sp³-hybridized carbons (Fsp3) is 0.463. The van der Waals surface area contributed by atoms with E-state index in [2.05, 4.69) is 39.3 Å². The summed E-state index contributed by atoms with van der Waals surface area (Å²) in [5, 5.41) is 16.1. The van der Waals surface area contributed by atoms with E-state index in [-0.39, 0.29) is 24.5 Å². The number of nitrogens with one attached hydrogen (secondary N) is 1. The molecule has 68 heavy (non-hydrogen) atoms. The first kappa shape index (κ1) is 49.9. The van der Waals surface area contributed by atoms with Crippen molar-refractivity contribution in [1.29, 1.82) is 0 Å². The van der Waals surface area contributed by atoms with Gasteiger partial charge in [-0.3, -0.25) is 22.7 Å². The summed E-state index contributed by atoms with van der Waals surface area (Å²) in [4.78, 5) is 55.5. The van der Waals surface area contributed by atoms with Gasteiger partial charge in [0.25, 0.3) is 0 Å². The van der Waals surface area contributed by atoms with Crippen LogP contribution in [0.1, 0.15) is 38.1 Å². The van der Waals surface area contributed by atoms with Crippen LogP contribution in [0.15, 0.2) is 66.1 Å². The van der Waals surface area contributed by atoms with Gasteiger partial charge >= 0.3 is 20.3 Å². The number of aromatic nitrogens is 7. The predicted molar refractivity (Wildman–Crippen MR) is 255 cm³/mol. The lowest BCUT2D eigenvalue weighted by atomic mass is 10.1. The number of methoxy groups -OCH3 is 1. The molecule has 8 atom stereocenters. The van der Waals surface area contributed by atoms with Crippen molar-refractivity contribution in [3.63, 3.8) is 0 Å². The summed E-state index contributed by atoms with van der Waals surface area (Å²) in [6, 6.07) is 12.8. The topological polar surface area (TPSA) is 306 Å². The molecule has 2 unspecified atom stereocenters. The van der Waals surface area contributed by atoms with E-state index in [0.29, 0.717) is 45.9 Å². The molecule has 8 N–H and O–H groups in total. The standard InChI is InChI=1S/C41H52ClN11O12P2S/c1-53(2,13-4-11-45-37-26-8-6-24(42)16-29(26)49-28-9-7-25(60-3)17-27(28)37)14-5-15-68-67(58,59)65-31-19-36(52-23-48-38-39(44)46-22-47-40(38)52)63-33(31)21-61-66(56,57)64-30-18-35(62-32(30)20-54)51-12-10-34(43)50-41(51)55/h6-10,12,16-17,22-23,30-33,35-36,54H,4-5,11,13-15,18-21H2,1-3H3,(H6-,43,44,45,46,47,49,50,55,56,57,58,59)/p+1/t30-,31-,32+,33+,35+,36+/m0/s1. The van der Waals surface area contributed by atoms with Crippen molar-refractivity contribution in [2.75, 3.05) is 76.6 Å². The van der Waals surface area contributed by atoms with E-state index in [1.807, 2.05) is 36.4 Å². The van der Waals surface area contributed by atoms with E-state index < -0.39 is 70.4 Å². The summed E-state index contributed by atoms with van der Waals surface area (Å²) >= 11 is 7.09. The molecule has 0 bridgehead atoms. The number of aliphatic hydroxyl groups is 1. The van der Waals surface area contributed by atoms with Crippen molar-refractivity contribution >= 4 is 87.9 Å². The Labute approximate surface area is 398 Å². The normalized spacial score (nSPS) is 22.8.